The van der Waals surface area contributed by atoms with E-state index < -0.39 is 4.92 Å². The van der Waals surface area contributed by atoms with Crippen molar-refractivity contribution in [1.29, 1.82) is 0 Å². The second-order valence-corrected chi connectivity index (χ2v) is 5.35. The van der Waals surface area contributed by atoms with E-state index in [9.17, 15) is 10.1 Å². The summed E-state index contributed by atoms with van der Waals surface area (Å²) >= 11 is 10.1. The molecule has 0 radical (unpaired) electrons. The number of hydrazine groups is 1. The van der Waals surface area contributed by atoms with Gasteiger partial charge in [-0.2, -0.15) is 0 Å². The van der Waals surface area contributed by atoms with Crippen molar-refractivity contribution in [2.24, 2.45) is 0 Å². The average molecular weight is 342 g/mol. The summed E-state index contributed by atoms with van der Waals surface area (Å²) < 4.78 is 0. The smallest absolute Gasteiger partial charge is 0.292 e. The Labute approximate surface area is 139 Å². The number of anilines is 1. The van der Waals surface area contributed by atoms with Crippen LogP contribution < -0.4 is 21.5 Å². The first-order chi connectivity index (χ1) is 10.4. The van der Waals surface area contributed by atoms with Crippen LogP contribution in [0.5, 0.6) is 0 Å². The maximum Gasteiger partial charge on any atom is 0.292 e. The molecule has 8 nitrogen and oxygen atoms in total. The Morgan fingerprint density at radius 3 is 2.50 bits per heavy atom. The molecule has 0 heterocycles. The van der Waals surface area contributed by atoms with E-state index in [1.807, 2.05) is 19.0 Å². The van der Waals surface area contributed by atoms with Crippen molar-refractivity contribution >= 4 is 46.0 Å². The quantitative estimate of drug-likeness (QED) is 0.352. The number of nitrogens with zero attached hydrogens (tertiary/aromatic N) is 2. The van der Waals surface area contributed by atoms with Crippen molar-refractivity contribution in [3.63, 3.8) is 0 Å². The summed E-state index contributed by atoms with van der Waals surface area (Å²) in [6, 6.07) is 6.23. The van der Waals surface area contributed by atoms with Gasteiger partial charge in [0, 0.05) is 19.2 Å². The number of para-hydroxylation sites is 2. The van der Waals surface area contributed by atoms with Gasteiger partial charge in [0.15, 0.2) is 10.2 Å². The average Bonchev–Trinajstić information content (AvgIpc) is 2.45. The van der Waals surface area contributed by atoms with Crippen LogP contribution in [0.25, 0.3) is 0 Å². The summed E-state index contributed by atoms with van der Waals surface area (Å²) in [5, 5.41) is 17.2. The van der Waals surface area contributed by atoms with E-state index in [1.54, 1.807) is 18.2 Å². The Bertz CT molecular complexity index is 552. The summed E-state index contributed by atoms with van der Waals surface area (Å²) in [5.74, 6) is 0. The van der Waals surface area contributed by atoms with Crippen LogP contribution >= 0.6 is 24.4 Å². The maximum absolute atomic E-state index is 10.9. The number of hydrogen-bond acceptors (Lipinski definition) is 5. The topological polar surface area (TPSA) is 94.5 Å². The summed E-state index contributed by atoms with van der Waals surface area (Å²) in [6.45, 7) is 1.52. The summed E-state index contributed by atoms with van der Waals surface area (Å²) in [7, 11) is 3.92. The fraction of sp³-hybridized carbons (Fsp3) is 0.333. The predicted molar refractivity (Wildman–Crippen MR) is 94.7 cm³/mol. The van der Waals surface area contributed by atoms with Crippen molar-refractivity contribution in [2.75, 3.05) is 32.5 Å². The van der Waals surface area contributed by atoms with Crippen LogP contribution in [0.1, 0.15) is 0 Å². The molecule has 0 unspecified atom stereocenters. The van der Waals surface area contributed by atoms with Crippen LogP contribution in [-0.4, -0.2) is 47.2 Å². The monoisotopic (exact) mass is 342 g/mol. The van der Waals surface area contributed by atoms with E-state index in [4.69, 9.17) is 24.4 Å². The Kier molecular flexibility index (Phi) is 7.43. The molecule has 0 aliphatic rings. The van der Waals surface area contributed by atoms with Crippen LogP contribution in [0.15, 0.2) is 24.3 Å². The minimum absolute atomic E-state index is 0.0571. The number of nitro benzene ring substituents is 1. The molecule has 10 heteroatoms. The Hall–Kier alpha value is -2.04. The number of nitrogens with one attached hydrogen (secondary N) is 4. The molecule has 22 heavy (non-hydrogen) atoms. The van der Waals surface area contributed by atoms with Gasteiger partial charge in [-0.1, -0.05) is 12.1 Å². The molecule has 0 amide bonds. The molecule has 1 rings (SSSR count). The zero-order valence-electron chi connectivity index (χ0n) is 12.3. The van der Waals surface area contributed by atoms with Crippen molar-refractivity contribution in [1.82, 2.24) is 21.1 Å². The highest BCUT2D eigenvalue weighted by atomic mass is 32.1. The van der Waals surface area contributed by atoms with Crippen molar-refractivity contribution < 1.29 is 4.92 Å². The lowest BCUT2D eigenvalue weighted by atomic mass is 10.3. The molecule has 4 N–H and O–H groups in total. The van der Waals surface area contributed by atoms with Crippen molar-refractivity contribution in [3.05, 3.63) is 34.4 Å². The van der Waals surface area contributed by atoms with Crippen LogP contribution in [0.3, 0.4) is 0 Å². The lowest BCUT2D eigenvalue weighted by molar-refractivity contribution is -0.383. The van der Waals surface area contributed by atoms with Gasteiger partial charge in [-0.25, -0.2) is 0 Å². The third kappa shape index (κ3) is 6.61. The van der Waals surface area contributed by atoms with Gasteiger partial charge >= 0.3 is 0 Å². The third-order valence-corrected chi connectivity index (χ3v) is 2.93. The maximum atomic E-state index is 10.9. The first kappa shape index (κ1) is 18.0. The Morgan fingerprint density at radius 2 is 1.86 bits per heavy atom. The number of rotatable bonds is 5. The summed E-state index contributed by atoms with van der Waals surface area (Å²) in [6.07, 6.45) is 0. The van der Waals surface area contributed by atoms with Gasteiger partial charge in [-0.3, -0.25) is 21.0 Å². The lowest BCUT2D eigenvalue weighted by Gasteiger charge is -2.15. The van der Waals surface area contributed by atoms with Gasteiger partial charge < -0.3 is 15.5 Å². The molecule has 0 spiro atoms. The minimum Gasteiger partial charge on any atom is -0.360 e. The summed E-state index contributed by atoms with van der Waals surface area (Å²) in [4.78, 5) is 12.4. The molecule has 0 saturated carbocycles. The van der Waals surface area contributed by atoms with Gasteiger partial charge in [0.1, 0.15) is 5.69 Å². The zero-order chi connectivity index (χ0) is 16.5. The van der Waals surface area contributed by atoms with Crippen LogP contribution in [0.2, 0.25) is 0 Å². The number of benzene rings is 1. The molecular weight excluding hydrogens is 324 g/mol. The number of nitro groups is 1. The largest absolute Gasteiger partial charge is 0.360 e. The first-order valence-corrected chi connectivity index (χ1v) is 7.21. The SMILES string of the molecule is CN(C)CCNC(=S)NNC(=S)Nc1ccccc1[N+](=O)[O-]. The van der Waals surface area contributed by atoms with Crippen LogP contribution in [-0.2, 0) is 0 Å². The molecule has 0 atom stereocenters. The molecule has 0 bridgehead atoms. The van der Waals surface area contributed by atoms with Crippen molar-refractivity contribution in [2.45, 2.75) is 0 Å². The highest BCUT2D eigenvalue weighted by Crippen LogP contribution is 2.22. The molecule has 1 aromatic carbocycles. The van der Waals surface area contributed by atoms with Gasteiger partial charge in [-0.05, 0) is 44.6 Å². The van der Waals surface area contributed by atoms with Crippen LogP contribution in [0.4, 0.5) is 11.4 Å². The number of thiocarbonyl (C=S) groups is 2. The van der Waals surface area contributed by atoms with E-state index in [-0.39, 0.29) is 10.8 Å². The fourth-order valence-corrected chi connectivity index (χ4v) is 1.76. The van der Waals surface area contributed by atoms with E-state index in [0.717, 1.165) is 6.54 Å². The van der Waals surface area contributed by atoms with Gasteiger partial charge in [0.2, 0.25) is 0 Å². The molecule has 0 aromatic heterocycles. The molecule has 120 valence electrons. The Balaban J connectivity index is 2.41. The lowest BCUT2D eigenvalue weighted by Crippen LogP contribution is -2.49. The highest BCUT2D eigenvalue weighted by Gasteiger charge is 2.13. The minimum atomic E-state index is -0.480. The highest BCUT2D eigenvalue weighted by molar-refractivity contribution is 7.80. The fourth-order valence-electron chi connectivity index (χ4n) is 1.44. The van der Waals surface area contributed by atoms with E-state index in [0.29, 0.717) is 17.3 Å². The Morgan fingerprint density at radius 1 is 1.23 bits per heavy atom. The second kappa shape index (κ2) is 9.07. The number of likely N-dealkylation sites (N-methyl/N-ethyl adjacent to an activating group) is 1. The second-order valence-electron chi connectivity index (χ2n) is 4.54. The van der Waals surface area contributed by atoms with E-state index >= 15 is 0 Å². The zero-order valence-corrected chi connectivity index (χ0v) is 13.9. The number of hydrogen-bond donors (Lipinski definition) is 4. The third-order valence-electron chi connectivity index (χ3n) is 2.48. The van der Waals surface area contributed by atoms with E-state index in [1.165, 1.54) is 6.07 Å². The van der Waals surface area contributed by atoms with E-state index in [2.05, 4.69) is 21.5 Å². The van der Waals surface area contributed by atoms with Crippen LogP contribution in [0, 0.1) is 10.1 Å². The standard InChI is InChI=1S/C12H18N6O2S2/c1-17(2)8-7-13-11(21)15-16-12(22)14-9-5-3-4-6-10(9)18(19)20/h3-6H,7-8H2,1-2H3,(H2,13,15,21)(H2,14,16,22). The van der Waals surface area contributed by atoms with Gasteiger partial charge in [0.05, 0.1) is 4.92 Å². The van der Waals surface area contributed by atoms with Gasteiger partial charge in [-0.15, -0.1) is 0 Å². The molecular formula is C12H18N6O2S2. The molecule has 0 aliphatic heterocycles. The molecule has 1 aromatic rings. The van der Waals surface area contributed by atoms with Gasteiger partial charge in [0.25, 0.3) is 5.69 Å². The molecule has 0 aliphatic carbocycles. The first-order valence-electron chi connectivity index (χ1n) is 6.39. The predicted octanol–water partition coefficient (Wildman–Crippen LogP) is 0.822. The summed E-state index contributed by atoms with van der Waals surface area (Å²) in [5.41, 5.74) is 5.62. The van der Waals surface area contributed by atoms with Crippen molar-refractivity contribution in [3.8, 4) is 0 Å². The molecule has 0 saturated heterocycles. The normalized spacial score (nSPS) is 9.95. The molecule has 0 fully saturated rings.